The smallest absolute Gasteiger partial charge is 0.316 e. The number of hydrogen-bond acceptors (Lipinski definition) is 5. The second-order valence-electron chi connectivity index (χ2n) is 6.23. The van der Waals surface area contributed by atoms with Crippen molar-refractivity contribution < 1.29 is 24.1 Å². The Morgan fingerprint density at radius 1 is 1.26 bits per heavy atom. The molecule has 1 aromatic rings. The second kappa shape index (κ2) is 7.21. The summed E-state index contributed by atoms with van der Waals surface area (Å²) in [4.78, 5) is 12.5. The van der Waals surface area contributed by atoms with Crippen LogP contribution >= 0.6 is 0 Å². The summed E-state index contributed by atoms with van der Waals surface area (Å²) in [5.41, 5.74) is 0.728. The van der Waals surface area contributed by atoms with E-state index in [1.54, 1.807) is 19.1 Å². The molecule has 1 aromatic carbocycles. The first kappa shape index (κ1) is 16.1. The van der Waals surface area contributed by atoms with Crippen molar-refractivity contribution in [1.29, 1.82) is 0 Å². The largest absolute Gasteiger partial charge is 0.465 e. The molecule has 0 radical (unpaired) electrons. The lowest BCUT2D eigenvalue weighted by Gasteiger charge is -2.31. The highest BCUT2D eigenvalue weighted by molar-refractivity contribution is 5.79. The molecule has 1 aliphatic heterocycles. The van der Waals surface area contributed by atoms with Crippen LogP contribution in [0.25, 0.3) is 0 Å². The number of carbonyl (C=O) groups is 1. The number of carbonyl (C=O) groups excluding carboxylic acids is 1. The van der Waals surface area contributed by atoms with Crippen molar-refractivity contribution in [3.63, 3.8) is 0 Å². The topological polar surface area (TPSA) is 65.0 Å². The average Bonchev–Trinajstić information content (AvgIpc) is 3.04. The van der Waals surface area contributed by atoms with Crippen molar-refractivity contribution in [3.05, 3.63) is 23.8 Å². The third-order valence-corrected chi connectivity index (χ3v) is 4.77. The van der Waals surface area contributed by atoms with Crippen LogP contribution in [-0.2, 0) is 9.53 Å². The number of aliphatic hydroxyl groups is 1. The van der Waals surface area contributed by atoms with E-state index in [9.17, 15) is 9.90 Å². The Morgan fingerprint density at radius 2 is 2.00 bits per heavy atom. The van der Waals surface area contributed by atoms with Gasteiger partial charge in [0.15, 0.2) is 11.5 Å². The molecule has 23 heavy (non-hydrogen) atoms. The number of esters is 1. The van der Waals surface area contributed by atoms with Gasteiger partial charge in [-0.3, -0.25) is 4.79 Å². The van der Waals surface area contributed by atoms with Gasteiger partial charge in [-0.25, -0.2) is 0 Å². The van der Waals surface area contributed by atoms with Gasteiger partial charge in [-0.05, 0) is 43.4 Å². The normalized spacial score (nSPS) is 20.1. The van der Waals surface area contributed by atoms with Crippen LogP contribution in [0.4, 0.5) is 0 Å². The molecule has 2 unspecified atom stereocenters. The molecular weight excluding hydrogens is 296 g/mol. The monoisotopic (exact) mass is 320 g/mol. The zero-order valence-electron chi connectivity index (χ0n) is 13.5. The maximum atomic E-state index is 12.5. The fraction of sp³-hybridized carbons (Fsp3) is 0.611. The van der Waals surface area contributed by atoms with Crippen LogP contribution in [0.5, 0.6) is 11.5 Å². The Morgan fingerprint density at radius 3 is 2.74 bits per heavy atom. The number of hydrogen-bond donors (Lipinski definition) is 1. The Labute approximate surface area is 136 Å². The summed E-state index contributed by atoms with van der Waals surface area (Å²) in [6, 6.07) is 5.40. The summed E-state index contributed by atoms with van der Waals surface area (Å²) in [6.45, 7) is 2.27. The van der Waals surface area contributed by atoms with E-state index in [4.69, 9.17) is 14.2 Å². The number of aliphatic hydroxyl groups excluding tert-OH is 1. The van der Waals surface area contributed by atoms with Crippen LogP contribution < -0.4 is 9.47 Å². The summed E-state index contributed by atoms with van der Waals surface area (Å²) < 4.78 is 15.9. The molecule has 0 amide bonds. The lowest BCUT2D eigenvalue weighted by Crippen LogP contribution is -2.35. The van der Waals surface area contributed by atoms with Crippen molar-refractivity contribution in [3.8, 4) is 11.5 Å². The van der Waals surface area contributed by atoms with E-state index >= 15 is 0 Å². The minimum absolute atomic E-state index is 0.142. The van der Waals surface area contributed by atoms with Crippen molar-refractivity contribution in [2.45, 2.75) is 51.0 Å². The molecule has 0 spiro atoms. The van der Waals surface area contributed by atoms with Crippen molar-refractivity contribution in [1.82, 2.24) is 0 Å². The standard InChI is InChI=1S/C18H24O5/c1-2-21-18(20)16(17(19)12-6-4-3-5-7-12)13-8-9-14-15(10-13)23-11-22-14/h8-10,12,16-17,19H,2-7,11H2,1H3. The van der Waals surface area contributed by atoms with Crippen molar-refractivity contribution in [2.75, 3.05) is 13.4 Å². The van der Waals surface area contributed by atoms with Crippen LogP contribution in [0.15, 0.2) is 18.2 Å². The first-order valence-electron chi connectivity index (χ1n) is 8.45. The highest BCUT2D eigenvalue weighted by atomic mass is 16.7. The van der Waals surface area contributed by atoms with Gasteiger partial charge in [-0.2, -0.15) is 0 Å². The van der Waals surface area contributed by atoms with Gasteiger partial charge in [0.05, 0.1) is 12.7 Å². The zero-order valence-corrected chi connectivity index (χ0v) is 13.5. The second-order valence-corrected chi connectivity index (χ2v) is 6.23. The molecule has 3 rings (SSSR count). The summed E-state index contributed by atoms with van der Waals surface area (Å²) >= 11 is 0. The van der Waals surface area contributed by atoms with Gasteiger partial charge < -0.3 is 19.3 Å². The molecule has 2 atom stereocenters. The number of benzene rings is 1. The molecule has 5 heteroatoms. The quantitative estimate of drug-likeness (QED) is 0.845. The average molecular weight is 320 g/mol. The van der Waals surface area contributed by atoms with E-state index < -0.39 is 12.0 Å². The molecule has 1 fully saturated rings. The molecule has 126 valence electrons. The van der Waals surface area contributed by atoms with Crippen molar-refractivity contribution >= 4 is 5.97 Å². The highest BCUT2D eigenvalue weighted by Crippen LogP contribution is 2.39. The van der Waals surface area contributed by atoms with Gasteiger partial charge in [-0.15, -0.1) is 0 Å². The molecule has 2 aliphatic rings. The number of fused-ring (bicyclic) bond motifs is 1. The minimum atomic E-state index is -0.727. The van der Waals surface area contributed by atoms with Crippen molar-refractivity contribution in [2.24, 2.45) is 5.92 Å². The van der Waals surface area contributed by atoms with Gasteiger partial charge in [0.1, 0.15) is 5.92 Å². The molecular formula is C18H24O5. The van der Waals surface area contributed by atoms with Crippen LogP contribution in [-0.4, -0.2) is 30.6 Å². The van der Waals surface area contributed by atoms with E-state index in [1.165, 1.54) is 6.42 Å². The van der Waals surface area contributed by atoms with E-state index in [0.29, 0.717) is 18.1 Å². The molecule has 1 saturated carbocycles. The maximum Gasteiger partial charge on any atom is 0.316 e. The summed E-state index contributed by atoms with van der Waals surface area (Å²) in [6.07, 6.45) is 4.62. The number of rotatable bonds is 5. The first-order chi connectivity index (χ1) is 11.2. The van der Waals surface area contributed by atoms with Gasteiger partial charge >= 0.3 is 5.97 Å². The third-order valence-electron chi connectivity index (χ3n) is 4.77. The lowest BCUT2D eigenvalue weighted by atomic mass is 9.78. The van der Waals surface area contributed by atoms with Gasteiger partial charge in [0.25, 0.3) is 0 Å². The molecule has 1 N–H and O–H groups in total. The van der Waals surface area contributed by atoms with E-state index in [-0.39, 0.29) is 18.7 Å². The Hall–Kier alpha value is -1.75. The predicted molar refractivity (Wildman–Crippen MR) is 84.5 cm³/mol. The van der Waals surface area contributed by atoms with Crippen LogP contribution in [0.2, 0.25) is 0 Å². The minimum Gasteiger partial charge on any atom is -0.465 e. The summed E-state index contributed by atoms with van der Waals surface area (Å²) in [5, 5.41) is 10.9. The molecule has 0 aromatic heterocycles. The van der Waals surface area contributed by atoms with E-state index in [2.05, 4.69) is 0 Å². The van der Waals surface area contributed by atoms with Gasteiger partial charge in [-0.1, -0.05) is 25.3 Å². The Kier molecular flexibility index (Phi) is 5.06. The van der Waals surface area contributed by atoms with Gasteiger partial charge in [0, 0.05) is 0 Å². The van der Waals surface area contributed by atoms with E-state index in [1.807, 2.05) is 6.07 Å². The Balaban J connectivity index is 1.86. The number of ether oxygens (including phenoxy) is 3. The van der Waals surface area contributed by atoms with E-state index in [0.717, 1.165) is 31.2 Å². The maximum absolute atomic E-state index is 12.5. The molecule has 0 saturated heterocycles. The Bertz CT molecular complexity index is 550. The molecule has 1 aliphatic carbocycles. The summed E-state index contributed by atoms with van der Waals surface area (Å²) in [7, 11) is 0. The first-order valence-corrected chi connectivity index (χ1v) is 8.45. The fourth-order valence-electron chi connectivity index (χ4n) is 3.56. The van der Waals surface area contributed by atoms with Crippen LogP contribution in [0.3, 0.4) is 0 Å². The van der Waals surface area contributed by atoms with Gasteiger partial charge in [0.2, 0.25) is 6.79 Å². The highest BCUT2D eigenvalue weighted by Gasteiger charge is 2.36. The molecule has 0 bridgehead atoms. The molecule has 1 heterocycles. The SMILES string of the molecule is CCOC(=O)C(c1ccc2c(c1)OCO2)C(O)C1CCCCC1. The summed E-state index contributed by atoms with van der Waals surface area (Å²) in [5.74, 6) is 0.386. The third kappa shape index (κ3) is 3.44. The lowest BCUT2D eigenvalue weighted by molar-refractivity contribution is -0.149. The van der Waals surface area contributed by atoms with Crippen LogP contribution in [0.1, 0.15) is 50.5 Å². The zero-order chi connectivity index (χ0) is 16.2. The molecule has 5 nitrogen and oxygen atoms in total. The fourth-order valence-corrected chi connectivity index (χ4v) is 3.56. The van der Waals surface area contributed by atoms with Crippen LogP contribution in [0, 0.1) is 5.92 Å². The predicted octanol–water partition coefficient (Wildman–Crippen LogP) is 3.00.